The van der Waals surface area contributed by atoms with Crippen LogP contribution in [0.1, 0.15) is 35.6 Å². The molecule has 0 aromatic heterocycles. The Kier molecular flexibility index (Phi) is 4.44. The third kappa shape index (κ3) is 3.26. The number of rotatable bonds is 3. The van der Waals surface area contributed by atoms with Crippen molar-refractivity contribution >= 4 is 5.69 Å². The van der Waals surface area contributed by atoms with Crippen molar-refractivity contribution in [3.8, 4) is 6.07 Å². The Labute approximate surface area is 148 Å². The van der Waals surface area contributed by atoms with Gasteiger partial charge in [0.05, 0.1) is 23.8 Å². The average Bonchev–Trinajstić information content (AvgIpc) is 2.98. The first-order valence-electron chi connectivity index (χ1n) is 9.01. The summed E-state index contributed by atoms with van der Waals surface area (Å²) in [5.74, 6) is 0. The Morgan fingerprint density at radius 3 is 2.48 bits per heavy atom. The number of hydrogen-bond donors (Lipinski definition) is 2. The van der Waals surface area contributed by atoms with Gasteiger partial charge in [-0.25, -0.2) is 0 Å². The number of aliphatic hydroxyl groups excluding tert-OH is 1. The number of fused-ring (bicyclic) bond motifs is 1. The van der Waals surface area contributed by atoms with Crippen molar-refractivity contribution in [1.29, 1.82) is 5.26 Å². The minimum atomic E-state index is -0.325. The molecule has 0 radical (unpaired) electrons. The number of aliphatic hydroxyl groups is 1. The van der Waals surface area contributed by atoms with Crippen LogP contribution in [0.5, 0.6) is 0 Å². The molecule has 1 saturated heterocycles. The minimum Gasteiger partial charge on any atom is -0.391 e. The van der Waals surface area contributed by atoms with Crippen LogP contribution in [-0.4, -0.2) is 30.3 Å². The molecule has 4 rings (SSSR count). The second kappa shape index (κ2) is 6.87. The largest absolute Gasteiger partial charge is 0.391 e. The first-order chi connectivity index (χ1) is 12.2. The van der Waals surface area contributed by atoms with Crippen LogP contribution >= 0.6 is 0 Å². The third-order valence-electron chi connectivity index (χ3n) is 5.48. The maximum Gasteiger partial charge on any atom is 0.0991 e. The lowest BCUT2D eigenvalue weighted by molar-refractivity contribution is 0.131. The molecule has 1 aliphatic carbocycles. The first-order valence-corrected chi connectivity index (χ1v) is 9.01. The molecule has 128 valence electrons. The molecule has 2 aromatic carbocycles. The smallest absolute Gasteiger partial charge is 0.0991 e. The Morgan fingerprint density at radius 1 is 1.04 bits per heavy atom. The fraction of sp³-hybridized carbons (Fsp3) is 0.381. The number of nitriles is 1. The molecule has 2 aliphatic rings. The van der Waals surface area contributed by atoms with Gasteiger partial charge in [-0.1, -0.05) is 24.3 Å². The maximum absolute atomic E-state index is 10.4. The number of anilines is 1. The SMILES string of the molecule is N#Cc1ccc(N2CCC(N[C@H]3c4ccccc4C[C@H]3O)CC2)cc1. The predicted molar refractivity (Wildman–Crippen MR) is 98.4 cm³/mol. The second-order valence-corrected chi connectivity index (χ2v) is 7.03. The number of piperidine rings is 1. The summed E-state index contributed by atoms with van der Waals surface area (Å²) in [6.45, 7) is 1.99. The topological polar surface area (TPSA) is 59.3 Å². The zero-order valence-electron chi connectivity index (χ0n) is 14.2. The monoisotopic (exact) mass is 333 g/mol. The molecule has 2 N–H and O–H groups in total. The van der Waals surface area contributed by atoms with Gasteiger partial charge < -0.3 is 15.3 Å². The molecule has 0 unspecified atom stereocenters. The highest BCUT2D eigenvalue weighted by molar-refractivity contribution is 5.50. The molecule has 4 heteroatoms. The van der Waals surface area contributed by atoms with Crippen LogP contribution in [0.3, 0.4) is 0 Å². The first kappa shape index (κ1) is 16.1. The van der Waals surface area contributed by atoms with Gasteiger partial charge >= 0.3 is 0 Å². The lowest BCUT2D eigenvalue weighted by Crippen LogP contribution is -2.45. The van der Waals surface area contributed by atoms with Gasteiger partial charge in [-0.05, 0) is 48.2 Å². The van der Waals surface area contributed by atoms with Crippen molar-refractivity contribution in [1.82, 2.24) is 5.32 Å². The minimum absolute atomic E-state index is 0.0580. The molecule has 1 fully saturated rings. The summed E-state index contributed by atoms with van der Waals surface area (Å²) in [6.07, 6.45) is 2.54. The quantitative estimate of drug-likeness (QED) is 0.907. The van der Waals surface area contributed by atoms with E-state index < -0.39 is 0 Å². The standard InChI is InChI=1S/C21H23N3O/c22-14-15-5-7-18(8-6-15)24-11-9-17(10-12-24)23-21-19-4-2-1-3-16(19)13-20(21)25/h1-8,17,20-21,23,25H,9-13H2/t20-,21+/m1/s1. The van der Waals surface area contributed by atoms with Gasteiger partial charge in [0.2, 0.25) is 0 Å². The van der Waals surface area contributed by atoms with Crippen molar-refractivity contribution < 1.29 is 5.11 Å². The van der Waals surface area contributed by atoms with E-state index in [0.29, 0.717) is 11.6 Å². The van der Waals surface area contributed by atoms with Gasteiger partial charge in [-0.2, -0.15) is 5.26 Å². The summed E-state index contributed by atoms with van der Waals surface area (Å²) in [7, 11) is 0. The van der Waals surface area contributed by atoms with Crippen molar-refractivity contribution in [3.05, 3.63) is 65.2 Å². The molecule has 0 amide bonds. The highest BCUT2D eigenvalue weighted by Gasteiger charge is 2.33. The Morgan fingerprint density at radius 2 is 1.76 bits per heavy atom. The summed E-state index contributed by atoms with van der Waals surface area (Å²) in [5.41, 5.74) is 4.41. The van der Waals surface area contributed by atoms with E-state index in [0.717, 1.165) is 32.4 Å². The Hall–Kier alpha value is -2.35. The number of nitrogens with one attached hydrogen (secondary N) is 1. The normalized spacial score (nSPS) is 23.3. The molecular weight excluding hydrogens is 310 g/mol. The molecule has 4 nitrogen and oxygen atoms in total. The van der Waals surface area contributed by atoms with Crippen LogP contribution in [0.4, 0.5) is 5.69 Å². The third-order valence-corrected chi connectivity index (χ3v) is 5.48. The summed E-state index contributed by atoms with van der Waals surface area (Å²) >= 11 is 0. The van der Waals surface area contributed by atoms with Crippen LogP contribution in [-0.2, 0) is 6.42 Å². The van der Waals surface area contributed by atoms with E-state index in [1.165, 1.54) is 16.8 Å². The molecule has 1 aliphatic heterocycles. The molecule has 2 aromatic rings. The van der Waals surface area contributed by atoms with Gasteiger partial charge in [-0.15, -0.1) is 0 Å². The number of benzene rings is 2. The Balaban J connectivity index is 1.37. The van der Waals surface area contributed by atoms with E-state index in [9.17, 15) is 5.11 Å². The number of nitrogens with zero attached hydrogens (tertiary/aromatic N) is 2. The average molecular weight is 333 g/mol. The van der Waals surface area contributed by atoms with Crippen LogP contribution in [0, 0.1) is 11.3 Å². The van der Waals surface area contributed by atoms with Crippen molar-refractivity contribution in [3.63, 3.8) is 0 Å². The van der Waals surface area contributed by atoms with Gasteiger partial charge in [0.15, 0.2) is 0 Å². The summed E-state index contributed by atoms with van der Waals surface area (Å²) in [6, 6.07) is 18.8. The van der Waals surface area contributed by atoms with E-state index in [1.54, 1.807) is 0 Å². The van der Waals surface area contributed by atoms with E-state index in [4.69, 9.17) is 5.26 Å². The van der Waals surface area contributed by atoms with Gasteiger partial charge in [-0.3, -0.25) is 0 Å². The summed E-state index contributed by atoms with van der Waals surface area (Å²) in [5, 5.41) is 23.0. The van der Waals surface area contributed by atoms with E-state index in [2.05, 4.69) is 34.5 Å². The molecule has 1 heterocycles. The van der Waals surface area contributed by atoms with Crippen LogP contribution in [0.2, 0.25) is 0 Å². The van der Waals surface area contributed by atoms with E-state index >= 15 is 0 Å². The molecular formula is C21H23N3O. The zero-order valence-corrected chi connectivity index (χ0v) is 14.2. The van der Waals surface area contributed by atoms with E-state index in [1.807, 2.05) is 30.3 Å². The molecule has 2 atom stereocenters. The van der Waals surface area contributed by atoms with Gasteiger partial charge in [0, 0.05) is 31.2 Å². The van der Waals surface area contributed by atoms with Crippen LogP contribution in [0.25, 0.3) is 0 Å². The predicted octanol–water partition coefficient (Wildman–Crippen LogP) is 2.77. The maximum atomic E-state index is 10.4. The lowest BCUT2D eigenvalue weighted by Gasteiger charge is -2.36. The van der Waals surface area contributed by atoms with Crippen LogP contribution < -0.4 is 10.2 Å². The molecule has 0 saturated carbocycles. The van der Waals surface area contributed by atoms with Crippen molar-refractivity contribution in [2.45, 2.75) is 37.5 Å². The summed E-state index contributed by atoms with van der Waals surface area (Å²) in [4.78, 5) is 2.37. The highest BCUT2D eigenvalue weighted by Crippen LogP contribution is 2.32. The van der Waals surface area contributed by atoms with Crippen molar-refractivity contribution in [2.24, 2.45) is 0 Å². The Bertz CT molecular complexity index is 772. The fourth-order valence-corrected chi connectivity index (χ4v) is 4.08. The van der Waals surface area contributed by atoms with Crippen molar-refractivity contribution in [2.75, 3.05) is 18.0 Å². The van der Waals surface area contributed by atoms with Gasteiger partial charge in [0.25, 0.3) is 0 Å². The van der Waals surface area contributed by atoms with Crippen LogP contribution in [0.15, 0.2) is 48.5 Å². The van der Waals surface area contributed by atoms with E-state index in [-0.39, 0.29) is 12.1 Å². The zero-order chi connectivity index (χ0) is 17.2. The molecule has 25 heavy (non-hydrogen) atoms. The molecule has 0 bridgehead atoms. The fourth-order valence-electron chi connectivity index (χ4n) is 4.08. The lowest BCUT2D eigenvalue weighted by atomic mass is 10.0. The second-order valence-electron chi connectivity index (χ2n) is 7.03. The van der Waals surface area contributed by atoms with Gasteiger partial charge in [0.1, 0.15) is 0 Å². The molecule has 0 spiro atoms. The number of hydrogen-bond acceptors (Lipinski definition) is 4. The summed E-state index contributed by atoms with van der Waals surface area (Å²) < 4.78 is 0. The highest BCUT2D eigenvalue weighted by atomic mass is 16.3.